The maximum Gasteiger partial charge on any atom is 0.207 e. The van der Waals surface area contributed by atoms with Gasteiger partial charge in [-0.15, -0.1) is 0 Å². The number of nitriles is 1. The molecule has 18 heavy (non-hydrogen) atoms. The van der Waals surface area contributed by atoms with Crippen LogP contribution in [0.5, 0.6) is 0 Å². The molecule has 0 bridgehead atoms. The number of amides is 1. The average Bonchev–Trinajstić information content (AvgIpc) is 2.45. The molecule has 2 rings (SSSR count). The molecule has 2 aromatic rings. The van der Waals surface area contributed by atoms with Gasteiger partial charge < -0.3 is 5.32 Å². The molecule has 0 atom stereocenters. The largest absolute Gasteiger partial charge is 0.353 e. The van der Waals surface area contributed by atoms with Crippen LogP contribution >= 0.6 is 0 Å². The summed E-state index contributed by atoms with van der Waals surface area (Å²) in [6.07, 6.45) is 2.35. The van der Waals surface area contributed by atoms with Crippen molar-refractivity contribution in [3.8, 4) is 17.2 Å². The summed E-state index contributed by atoms with van der Waals surface area (Å²) >= 11 is 0. The fraction of sp³-hybridized carbons (Fsp3) is 0.0714. The number of pyridine rings is 1. The van der Waals surface area contributed by atoms with Gasteiger partial charge in [-0.2, -0.15) is 5.26 Å². The lowest BCUT2D eigenvalue weighted by atomic mass is 10.0. The number of benzene rings is 1. The van der Waals surface area contributed by atoms with Crippen molar-refractivity contribution in [1.29, 1.82) is 5.26 Å². The van der Waals surface area contributed by atoms with E-state index in [2.05, 4.69) is 16.4 Å². The van der Waals surface area contributed by atoms with Gasteiger partial charge in [-0.05, 0) is 12.1 Å². The first-order chi connectivity index (χ1) is 8.85. The molecular formula is C14H11N3O. The Morgan fingerprint density at radius 3 is 2.78 bits per heavy atom. The molecule has 0 aliphatic rings. The quantitative estimate of drug-likeness (QED) is 0.825. The third kappa shape index (κ3) is 2.53. The lowest BCUT2D eigenvalue weighted by Crippen LogP contribution is -2.10. The van der Waals surface area contributed by atoms with Crippen molar-refractivity contribution in [2.75, 3.05) is 0 Å². The maximum absolute atomic E-state index is 10.2. The number of nitrogens with one attached hydrogen (secondary N) is 1. The molecular weight excluding hydrogens is 226 g/mol. The van der Waals surface area contributed by atoms with E-state index in [1.54, 1.807) is 12.3 Å². The third-order valence-electron chi connectivity index (χ3n) is 2.55. The zero-order valence-electron chi connectivity index (χ0n) is 9.63. The van der Waals surface area contributed by atoms with E-state index in [4.69, 9.17) is 5.26 Å². The van der Waals surface area contributed by atoms with Crippen LogP contribution in [0.3, 0.4) is 0 Å². The Balaban J connectivity index is 2.29. The van der Waals surface area contributed by atoms with Crippen LogP contribution in [0, 0.1) is 11.3 Å². The van der Waals surface area contributed by atoms with E-state index < -0.39 is 0 Å². The fourth-order valence-electron chi connectivity index (χ4n) is 1.67. The van der Waals surface area contributed by atoms with E-state index in [1.807, 2.05) is 30.3 Å². The summed E-state index contributed by atoms with van der Waals surface area (Å²) in [6.45, 7) is 0.406. The van der Waals surface area contributed by atoms with Crippen molar-refractivity contribution in [3.05, 3.63) is 53.9 Å². The number of hydrogen-bond acceptors (Lipinski definition) is 3. The van der Waals surface area contributed by atoms with E-state index in [9.17, 15) is 4.79 Å². The molecule has 0 saturated carbocycles. The summed E-state index contributed by atoms with van der Waals surface area (Å²) in [5, 5.41) is 11.6. The van der Waals surface area contributed by atoms with E-state index in [1.165, 1.54) is 0 Å². The van der Waals surface area contributed by atoms with Crippen molar-refractivity contribution in [2.24, 2.45) is 0 Å². The predicted molar refractivity (Wildman–Crippen MR) is 67.3 cm³/mol. The summed E-state index contributed by atoms with van der Waals surface area (Å²) in [4.78, 5) is 14.4. The first-order valence-electron chi connectivity index (χ1n) is 5.46. The standard InChI is InChI=1S/C14H11N3O/c15-7-11-3-1-2-4-14(11)12-5-6-13(17-8-12)9-16-10-18/h1-6,8,10H,9H2,(H,16,18). The van der Waals surface area contributed by atoms with Crippen molar-refractivity contribution >= 4 is 6.41 Å². The molecule has 1 aromatic heterocycles. The van der Waals surface area contributed by atoms with Gasteiger partial charge in [-0.25, -0.2) is 0 Å². The number of carbonyl (C=O) groups is 1. The Labute approximate surface area is 105 Å². The van der Waals surface area contributed by atoms with Gasteiger partial charge in [0.05, 0.1) is 23.9 Å². The summed E-state index contributed by atoms with van der Waals surface area (Å²) < 4.78 is 0. The molecule has 0 fully saturated rings. The van der Waals surface area contributed by atoms with E-state index >= 15 is 0 Å². The van der Waals surface area contributed by atoms with Crippen molar-refractivity contribution in [3.63, 3.8) is 0 Å². The number of carbonyl (C=O) groups excluding carboxylic acids is 1. The van der Waals surface area contributed by atoms with Gasteiger partial charge >= 0.3 is 0 Å². The van der Waals surface area contributed by atoms with Gasteiger partial charge in [-0.3, -0.25) is 9.78 Å². The SMILES string of the molecule is N#Cc1ccccc1-c1ccc(CNC=O)nc1. The molecule has 0 radical (unpaired) electrons. The van der Waals surface area contributed by atoms with Crippen LogP contribution in [-0.4, -0.2) is 11.4 Å². The van der Waals surface area contributed by atoms with Crippen molar-refractivity contribution in [1.82, 2.24) is 10.3 Å². The highest BCUT2D eigenvalue weighted by Crippen LogP contribution is 2.22. The third-order valence-corrected chi connectivity index (χ3v) is 2.55. The predicted octanol–water partition coefficient (Wildman–Crippen LogP) is 1.87. The average molecular weight is 237 g/mol. The number of hydrogen-bond donors (Lipinski definition) is 1. The van der Waals surface area contributed by atoms with E-state index in [-0.39, 0.29) is 0 Å². The Hall–Kier alpha value is -2.67. The molecule has 88 valence electrons. The summed E-state index contributed by atoms with van der Waals surface area (Å²) in [5.74, 6) is 0. The topological polar surface area (TPSA) is 65.8 Å². The smallest absolute Gasteiger partial charge is 0.207 e. The van der Waals surface area contributed by atoms with Crippen LogP contribution in [0.2, 0.25) is 0 Å². The highest BCUT2D eigenvalue weighted by molar-refractivity contribution is 5.69. The number of rotatable bonds is 4. The van der Waals surface area contributed by atoms with Gasteiger partial charge in [-0.1, -0.05) is 24.3 Å². The molecule has 1 heterocycles. The van der Waals surface area contributed by atoms with E-state index in [0.717, 1.165) is 16.8 Å². The van der Waals surface area contributed by atoms with Crippen molar-refractivity contribution in [2.45, 2.75) is 6.54 Å². The van der Waals surface area contributed by atoms with Crippen LogP contribution < -0.4 is 5.32 Å². The summed E-state index contributed by atoms with van der Waals surface area (Å²) in [7, 11) is 0. The monoisotopic (exact) mass is 237 g/mol. The molecule has 0 aliphatic carbocycles. The minimum atomic E-state index is 0.406. The molecule has 4 heteroatoms. The second-order valence-corrected chi connectivity index (χ2v) is 3.69. The Kier molecular flexibility index (Phi) is 3.67. The summed E-state index contributed by atoms with van der Waals surface area (Å²) in [6, 6.07) is 13.3. The highest BCUT2D eigenvalue weighted by Gasteiger charge is 2.04. The normalized spacial score (nSPS) is 9.50. The van der Waals surface area contributed by atoms with Crippen LogP contribution in [0.25, 0.3) is 11.1 Å². The second kappa shape index (κ2) is 5.60. The van der Waals surface area contributed by atoms with Gasteiger partial charge in [0.1, 0.15) is 0 Å². The number of nitrogens with zero attached hydrogens (tertiary/aromatic N) is 2. The lowest BCUT2D eigenvalue weighted by molar-refractivity contribution is -0.109. The van der Waals surface area contributed by atoms with Crippen LogP contribution in [-0.2, 0) is 11.3 Å². The maximum atomic E-state index is 10.2. The Morgan fingerprint density at radius 1 is 1.28 bits per heavy atom. The molecule has 1 N–H and O–H groups in total. The van der Waals surface area contributed by atoms with Crippen molar-refractivity contribution < 1.29 is 4.79 Å². The van der Waals surface area contributed by atoms with Gasteiger partial charge in [0.25, 0.3) is 0 Å². The zero-order valence-corrected chi connectivity index (χ0v) is 9.63. The Bertz CT molecular complexity index is 585. The van der Waals surface area contributed by atoms with Gasteiger partial charge in [0, 0.05) is 17.3 Å². The second-order valence-electron chi connectivity index (χ2n) is 3.69. The molecule has 4 nitrogen and oxygen atoms in total. The summed E-state index contributed by atoms with van der Waals surface area (Å²) in [5.41, 5.74) is 3.16. The van der Waals surface area contributed by atoms with Crippen LogP contribution in [0.4, 0.5) is 0 Å². The minimum Gasteiger partial charge on any atom is -0.353 e. The fourth-order valence-corrected chi connectivity index (χ4v) is 1.67. The molecule has 0 aliphatic heterocycles. The first-order valence-corrected chi connectivity index (χ1v) is 5.46. The van der Waals surface area contributed by atoms with Crippen LogP contribution in [0.15, 0.2) is 42.6 Å². The molecule has 0 unspecified atom stereocenters. The zero-order chi connectivity index (χ0) is 12.8. The minimum absolute atomic E-state index is 0.406. The van der Waals surface area contributed by atoms with Crippen LogP contribution in [0.1, 0.15) is 11.3 Å². The van der Waals surface area contributed by atoms with Gasteiger partial charge in [0.2, 0.25) is 6.41 Å². The number of aromatic nitrogens is 1. The molecule has 1 amide bonds. The molecule has 0 spiro atoms. The Morgan fingerprint density at radius 2 is 2.11 bits per heavy atom. The molecule has 1 aromatic carbocycles. The van der Waals surface area contributed by atoms with Gasteiger partial charge in [0.15, 0.2) is 0 Å². The molecule has 0 saturated heterocycles. The first kappa shape index (κ1) is 11.8. The lowest BCUT2D eigenvalue weighted by Gasteiger charge is -2.05. The highest BCUT2D eigenvalue weighted by atomic mass is 16.1. The van der Waals surface area contributed by atoms with E-state index in [0.29, 0.717) is 18.5 Å².